The Bertz CT molecular complexity index is 300. The van der Waals surface area contributed by atoms with E-state index in [0.29, 0.717) is 0 Å². The second-order valence-electron chi connectivity index (χ2n) is 2.30. The minimum absolute atomic E-state index is 3.55. The van der Waals surface area contributed by atoms with E-state index in [0.717, 1.165) is 0 Å². The zero-order valence-electron chi connectivity index (χ0n) is 6.78. The molecule has 0 aromatic rings. The summed E-state index contributed by atoms with van der Waals surface area (Å²) in [5.41, 5.74) is 0. The average Bonchev–Trinajstić information content (AvgIpc) is 2.14. The summed E-state index contributed by atoms with van der Waals surface area (Å²) in [5.74, 6) is -13.3. The summed E-state index contributed by atoms with van der Waals surface area (Å²) in [4.78, 5) is 0. The van der Waals surface area contributed by atoms with E-state index in [2.05, 4.69) is 11.6 Å². The summed E-state index contributed by atoms with van der Waals surface area (Å²) < 4.78 is 107. The molecule has 94 valence electrons. The van der Waals surface area contributed by atoms with Gasteiger partial charge in [-0.2, -0.15) is 30.7 Å². The van der Waals surface area contributed by atoms with Crippen molar-refractivity contribution in [3.8, 4) is 0 Å². The third-order valence-corrected chi connectivity index (χ3v) is 1.68. The zero-order valence-corrected chi connectivity index (χ0v) is 7.54. The lowest BCUT2D eigenvalue weighted by molar-refractivity contribution is -0.0759. The van der Waals surface area contributed by atoms with Crippen molar-refractivity contribution in [2.75, 3.05) is 0 Å². The summed E-state index contributed by atoms with van der Waals surface area (Å²) in [6.07, 6.45) is -7.33. The quantitative estimate of drug-likeness (QED) is 0.519. The lowest BCUT2D eigenvalue weighted by Gasteiger charge is -2.23. The summed E-state index contributed by atoms with van der Waals surface area (Å²) >= 11 is 3.98. The first kappa shape index (κ1) is 15.1. The van der Waals surface area contributed by atoms with Crippen LogP contribution in [0.3, 0.4) is 0 Å². The fourth-order valence-corrected chi connectivity index (χ4v) is 0.667. The Labute approximate surface area is 87.0 Å². The van der Waals surface area contributed by atoms with Gasteiger partial charge in [0.15, 0.2) is 0 Å². The van der Waals surface area contributed by atoms with Gasteiger partial charge in [0.25, 0.3) is 0 Å². The highest BCUT2D eigenvalue weighted by Crippen LogP contribution is 2.49. The normalized spacial score (nSPS) is 15.4. The molecule has 0 radical (unpaired) electrons. The van der Waals surface area contributed by atoms with Crippen molar-refractivity contribution in [2.24, 2.45) is 0 Å². The lowest BCUT2D eigenvalue weighted by atomic mass is 10.1. The van der Waals surface area contributed by atoms with Crippen LogP contribution in [0.1, 0.15) is 0 Å². The molecule has 0 saturated heterocycles. The fourth-order valence-electron chi connectivity index (χ4n) is 0.513. The monoisotopic (exact) mass is 278 g/mol. The Morgan fingerprint density at radius 3 is 1.25 bits per heavy atom. The van der Waals surface area contributed by atoms with Crippen molar-refractivity contribution in [1.29, 1.82) is 0 Å². The van der Waals surface area contributed by atoms with Gasteiger partial charge in [0.1, 0.15) is 0 Å². The maximum Gasteiger partial charge on any atom is 0.358 e. The average molecular weight is 279 g/mol. The van der Waals surface area contributed by atoms with Gasteiger partial charge in [-0.15, -0.1) is 0 Å². The van der Waals surface area contributed by atoms with Gasteiger partial charge in [-0.25, -0.2) is 8.78 Å². The van der Waals surface area contributed by atoms with Crippen LogP contribution < -0.4 is 0 Å². The molecule has 16 heavy (non-hydrogen) atoms. The molecule has 0 rings (SSSR count). The Balaban J connectivity index is 5.66. The minimum atomic E-state index is -5.97. The van der Waals surface area contributed by atoms with Gasteiger partial charge in [0.2, 0.25) is 11.7 Å². The van der Waals surface area contributed by atoms with Crippen LogP contribution in [-0.2, 0) is 0 Å². The number of hydrogen-bond donors (Lipinski definition) is 0. The van der Waals surface area contributed by atoms with Crippen molar-refractivity contribution in [1.82, 2.24) is 0 Å². The van der Waals surface area contributed by atoms with Crippen molar-refractivity contribution in [2.45, 2.75) is 11.1 Å². The number of rotatable bonds is 3. The molecule has 0 amide bonds. The van der Waals surface area contributed by atoms with Gasteiger partial charge in [-0.1, -0.05) is 11.6 Å². The maximum absolute atomic E-state index is 12.6. The second-order valence-corrected chi connectivity index (χ2v) is 2.82. The van der Waals surface area contributed by atoms with Crippen LogP contribution in [0.25, 0.3) is 0 Å². The summed E-state index contributed by atoms with van der Waals surface area (Å²) in [6, 6.07) is 0. The van der Waals surface area contributed by atoms with E-state index in [9.17, 15) is 39.5 Å². The molecule has 0 aromatic carbocycles. The molecule has 0 aromatic heterocycles. The SMILES string of the molecule is FC(F)=C(F)C(F)(F)C(F)(Cl)C(F)=C(F)F. The maximum atomic E-state index is 12.6. The van der Waals surface area contributed by atoms with Gasteiger partial charge in [0.05, 0.1) is 0 Å². The first-order chi connectivity index (χ1) is 6.96. The smallest absolute Gasteiger partial charge is 0.211 e. The molecule has 1 atom stereocenters. The molecule has 0 N–H and O–H groups in total. The first-order valence-electron chi connectivity index (χ1n) is 3.14. The molecule has 0 spiro atoms. The minimum Gasteiger partial charge on any atom is -0.211 e. The molecule has 0 heterocycles. The molecule has 0 saturated carbocycles. The van der Waals surface area contributed by atoms with E-state index in [-0.39, 0.29) is 0 Å². The van der Waals surface area contributed by atoms with E-state index in [1.165, 1.54) is 0 Å². The van der Waals surface area contributed by atoms with Crippen LogP contribution in [0.5, 0.6) is 0 Å². The van der Waals surface area contributed by atoms with Gasteiger partial charge in [-0.3, -0.25) is 0 Å². The summed E-state index contributed by atoms with van der Waals surface area (Å²) in [6.45, 7) is 0. The number of hydrogen-bond acceptors (Lipinski definition) is 0. The molecular weight excluding hydrogens is 279 g/mol. The van der Waals surface area contributed by atoms with Gasteiger partial charge < -0.3 is 0 Å². The summed E-state index contributed by atoms with van der Waals surface area (Å²) in [5, 5.41) is -5.43. The Kier molecular flexibility index (Phi) is 4.31. The molecule has 0 aliphatic heterocycles. The van der Waals surface area contributed by atoms with Crippen LogP contribution >= 0.6 is 11.6 Å². The highest BCUT2D eigenvalue weighted by molar-refractivity contribution is 6.25. The van der Waals surface area contributed by atoms with Crippen LogP contribution in [0.2, 0.25) is 0 Å². The Morgan fingerprint density at radius 2 is 1.00 bits per heavy atom. The van der Waals surface area contributed by atoms with E-state index in [4.69, 9.17) is 0 Å². The molecule has 0 aliphatic carbocycles. The molecule has 10 heteroatoms. The number of allylic oxidation sites excluding steroid dienone is 2. The van der Waals surface area contributed by atoms with Gasteiger partial charge in [-0.05, 0) is 0 Å². The lowest BCUT2D eigenvalue weighted by Crippen LogP contribution is -2.41. The zero-order chi connectivity index (χ0) is 13.3. The van der Waals surface area contributed by atoms with Crippen molar-refractivity contribution in [3.05, 3.63) is 23.8 Å². The fraction of sp³-hybridized carbons (Fsp3) is 0.333. The third-order valence-electron chi connectivity index (χ3n) is 1.28. The molecular formula is C6ClF9. The van der Waals surface area contributed by atoms with Crippen LogP contribution in [0, 0.1) is 0 Å². The predicted octanol–water partition coefficient (Wildman–Crippen LogP) is 4.68. The van der Waals surface area contributed by atoms with Crippen LogP contribution in [0.4, 0.5) is 39.5 Å². The molecule has 0 nitrogen and oxygen atoms in total. The molecule has 0 bridgehead atoms. The van der Waals surface area contributed by atoms with E-state index in [1.54, 1.807) is 0 Å². The third kappa shape index (κ3) is 2.45. The highest BCUT2D eigenvalue weighted by Gasteiger charge is 2.63. The molecule has 0 aliphatic rings. The first-order valence-corrected chi connectivity index (χ1v) is 3.52. The van der Waals surface area contributed by atoms with E-state index >= 15 is 0 Å². The van der Waals surface area contributed by atoms with E-state index in [1.807, 2.05) is 0 Å². The largest absolute Gasteiger partial charge is 0.358 e. The second kappa shape index (κ2) is 4.56. The topological polar surface area (TPSA) is 0 Å². The van der Waals surface area contributed by atoms with E-state index < -0.39 is 34.9 Å². The van der Waals surface area contributed by atoms with Crippen molar-refractivity contribution < 1.29 is 39.5 Å². The van der Waals surface area contributed by atoms with Crippen molar-refractivity contribution in [3.63, 3.8) is 0 Å². The van der Waals surface area contributed by atoms with Gasteiger partial charge in [0, 0.05) is 0 Å². The Morgan fingerprint density at radius 1 is 0.688 bits per heavy atom. The number of halogens is 10. The van der Waals surface area contributed by atoms with Crippen molar-refractivity contribution >= 4 is 11.6 Å². The summed E-state index contributed by atoms with van der Waals surface area (Å²) in [7, 11) is 0. The standard InChI is InChI=1S/C6ClF9/c7-5(14,1(8)3(10)11)6(15,16)2(9)4(12)13. The molecule has 0 fully saturated rings. The van der Waals surface area contributed by atoms with Crippen LogP contribution in [0.15, 0.2) is 23.8 Å². The Hall–Kier alpha value is -0.860. The predicted molar refractivity (Wildman–Crippen MR) is 35.3 cm³/mol. The van der Waals surface area contributed by atoms with Gasteiger partial charge >= 0.3 is 23.2 Å². The van der Waals surface area contributed by atoms with Crippen LogP contribution in [-0.4, -0.2) is 11.1 Å². The number of alkyl halides is 4. The molecule has 1 unspecified atom stereocenters. The highest BCUT2D eigenvalue weighted by atomic mass is 35.5.